The molecule has 0 fully saturated rings. The van der Waals surface area contributed by atoms with Crippen LogP contribution in [0.25, 0.3) is 11.0 Å². The van der Waals surface area contributed by atoms with Gasteiger partial charge in [0, 0.05) is 11.4 Å². The molecule has 0 aliphatic heterocycles. The zero-order valence-electron chi connectivity index (χ0n) is 14.7. The van der Waals surface area contributed by atoms with Crippen molar-refractivity contribution in [2.75, 3.05) is 18.6 Å². The van der Waals surface area contributed by atoms with Gasteiger partial charge in [0.15, 0.2) is 0 Å². The fraction of sp³-hybridized carbons (Fsp3) is 0.333. The largest absolute Gasteiger partial charge is 0.497 e. The summed E-state index contributed by atoms with van der Waals surface area (Å²) >= 11 is 1.68. The minimum atomic E-state index is 0.207. The first-order valence-electron chi connectivity index (χ1n) is 8.28. The fourth-order valence-electron chi connectivity index (χ4n) is 2.88. The smallest absolute Gasteiger partial charge is 0.223 e. The van der Waals surface area contributed by atoms with E-state index in [0.29, 0.717) is 5.82 Å². The number of aromatic nitrogens is 3. The number of unbranched alkanes of at least 4 members (excludes halogenated alkanes) is 1. The third kappa shape index (κ3) is 3.37. The van der Waals surface area contributed by atoms with E-state index < -0.39 is 0 Å². The molecule has 0 unspecified atom stereocenters. The number of methoxy groups -OCH3 is 1. The Morgan fingerprint density at radius 3 is 2.76 bits per heavy atom. The highest BCUT2D eigenvalue weighted by Gasteiger charge is 2.19. The highest BCUT2D eigenvalue weighted by molar-refractivity contribution is 7.99. The number of nitrogen functional groups attached to an aromatic ring is 2. The SMILES string of the molecule is CCCCn1c(Sc2cccc(OC)c2)c(C)c2c(N)nc(N)nc21. The minimum Gasteiger partial charge on any atom is -0.497 e. The number of benzene rings is 1. The number of nitrogens with zero attached hydrogens (tertiary/aromatic N) is 3. The topological polar surface area (TPSA) is 92.0 Å². The average molecular weight is 357 g/mol. The molecule has 2 heterocycles. The summed E-state index contributed by atoms with van der Waals surface area (Å²) < 4.78 is 7.53. The summed E-state index contributed by atoms with van der Waals surface area (Å²) in [6, 6.07) is 8.02. The van der Waals surface area contributed by atoms with Gasteiger partial charge in [-0.1, -0.05) is 31.2 Å². The highest BCUT2D eigenvalue weighted by Crippen LogP contribution is 2.39. The van der Waals surface area contributed by atoms with Gasteiger partial charge in [-0.25, -0.2) is 0 Å². The van der Waals surface area contributed by atoms with Gasteiger partial charge in [0.25, 0.3) is 0 Å². The molecule has 6 nitrogen and oxygen atoms in total. The first kappa shape index (κ1) is 17.4. The lowest BCUT2D eigenvalue weighted by atomic mass is 10.2. The summed E-state index contributed by atoms with van der Waals surface area (Å²) in [6.07, 6.45) is 2.15. The van der Waals surface area contributed by atoms with E-state index in [0.717, 1.165) is 51.7 Å². The number of hydrogen-bond acceptors (Lipinski definition) is 6. The maximum atomic E-state index is 6.13. The third-order valence-electron chi connectivity index (χ3n) is 4.12. The van der Waals surface area contributed by atoms with Gasteiger partial charge < -0.3 is 20.8 Å². The number of hydrogen-bond donors (Lipinski definition) is 2. The van der Waals surface area contributed by atoms with E-state index in [2.05, 4.69) is 34.4 Å². The van der Waals surface area contributed by atoms with Crippen molar-refractivity contribution in [3.05, 3.63) is 29.8 Å². The van der Waals surface area contributed by atoms with E-state index in [1.807, 2.05) is 18.2 Å². The Labute approximate surface area is 151 Å². The van der Waals surface area contributed by atoms with Crippen LogP contribution in [0.5, 0.6) is 5.75 Å². The molecule has 0 aliphatic carbocycles. The lowest BCUT2D eigenvalue weighted by Gasteiger charge is -2.11. The minimum absolute atomic E-state index is 0.207. The first-order valence-corrected chi connectivity index (χ1v) is 9.10. The molecule has 0 spiro atoms. The van der Waals surface area contributed by atoms with Crippen LogP contribution in [0, 0.1) is 6.92 Å². The molecule has 0 aliphatic rings. The molecule has 25 heavy (non-hydrogen) atoms. The number of rotatable bonds is 6. The monoisotopic (exact) mass is 357 g/mol. The maximum Gasteiger partial charge on any atom is 0.223 e. The van der Waals surface area contributed by atoms with E-state index in [9.17, 15) is 0 Å². The van der Waals surface area contributed by atoms with Gasteiger partial charge in [-0.3, -0.25) is 0 Å². The molecule has 3 aromatic rings. The molecule has 1 aromatic carbocycles. The number of fused-ring (bicyclic) bond motifs is 1. The van der Waals surface area contributed by atoms with Crippen molar-refractivity contribution in [3.8, 4) is 5.75 Å². The van der Waals surface area contributed by atoms with Crippen LogP contribution in [0.4, 0.5) is 11.8 Å². The number of ether oxygens (including phenoxy) is 1. The Morgan fingerprint density at radius 1 is 1.24 bits per heavy atom. The summed E-state index contributed by atoms with van der Waals surface area (Å²) in [6.45, 7) is 5.09. The standard InChI is InChI=1S/C18H23N5OS/c1-4-5-9-23-16-14(15(19)21-18(20)22-16)11(2)17(23)25-13-8-6-7-12(10-13)24-3/h6-8,10H,4-5,9H2,1-3H3,(H4,19,20,21,22). The quantitative estimate of drug-likeness (QED) is 0.696. The molecule has 4 N–H and O–H groups in total. The van der Waals surface area contributed by atoms with Crippen LogP contribution in [0.1, 0.15) is 25.3 Å². The molecule has 0 bridgehead atoms. The van der Waals surface area contributed by atoms with Gasteiger partial charge in [0.05, 0.1) is 17.5 Å². The Bertz CT molecular complexity index is 906. The van der Waals surface area contributed by atoms with Crippen LogP contribution in [0.15, 0.2) is 34.2 Å². The summed E-state index contributed by atoms with van der Waals surface area (Å²) in [4.78, 5) is 9.69. The van der Waals surface area contributed by atoms with E-state index >= 15 is 0 Å². The molecule has 2 aromatic heterocycles. The van der Waals surface area contributed by atoms with Crippen molar-refractivity contribution in [2.45, 2.75) is 43.2 Å². The van der Waals surface area contributed by atoms with Crippen molar-refractivity contribution >= 4 is 34.6 Å². The summed E-state index contributed by atoms with van der Waals surface area (Å²) in [5, 5.41) is 2.00. The molecule has 0 amide bonds. The number of aryl methyl sites for hydroxylation is 2. The molecule has 0 radical (unpaired) electrons. The Kier molecular flexibility index (Phi) is 5.03. The molecule has 3 rings (SSSR count). The van der Waals surface area contributed by atoms with E-state index in [-0.39, 0.29) is 5.95 Å². The Balaban J connectivity index is 2.14. The Morgan fingerprint density at radius 2 is 2.04 bits per heavy atom. The summed E-state index contributed by atoms with van der Waals surface area (Å²) in [7, 11) is 1.67. The van der Waals surface area contributed by atoms with Crippen molar-refractivity contribution < 1.29 is 4.74 Å². The fourth-order valence-corrected chi connectivity index (χ4v) is 3.96. The lowest BCUT2D eigenvalue weighted by Crippen LogP contribution is -2.04. The Hall–Kier alpha value is -2.41. The lowest BCUT2D eigenvalue weighted by molar-refractivity contribution is 0.413. The predicted molar refractivity (Wildman–Crippen MR) is 103 cm³/mol. The molecular weight excluding hydrogens is 334 g/mol. The van der Waals surface area contributed by atoms with Gasteiger partial charge in [-0.2, -0.15) is 9.97 Å². The third-order valence-corrected chi connectivity index (χ3v) is 5.33. The van der Waals surface area contributed by atoms with E-state index in [1.54, 1.807) is 18.9 Å². The van der Waals surface area contributed by atoms with Crippen LogP contribution < -0.4 is 16.2 Å². The second-order valence-corrected chi connectivity index (χ2v) is 6.94. The zero-order valence-corrected chi connectivity index (χ0v) is 15.6. The van der Waals surface area contributed by atoms with Crippen molar-refractivity contribution in [1.82, 2.24) is 14.5 Å². The van der Waals surface area contributed by atoms with Crippen LogP contribution in [0.3, 0.4) is 0 Å². The molecule has 0 atom stereocenters. The van der Waals surface area contributed by atoms with Crippen molar-refractivity contribution in [2.24, 2.45) is 0 Å². The van der Waals surface area contributed by atoms with Crippen molar-refractivity contribution in [1.29, 1.82) is 0 Å². The number of anilines is 2. The molecule has 7 heteroatoms. The van der Waals surface area contributed by atoms with Crippen LogP contribution in [-0.4, -0.2) is 21.6 Å². The second kappa shape index (κ2) is 7.23. The van der Waals surface area contributed by atoms with Gasteiger partial charge in [0.1, 0.15) is 17.2 Å². The van der Waals surface area contributed by atoms with E-state index in [4.69, 9.17) is 16.2 Å². The van der Waals surface area contributed by atoms with Crippen LogP contribution in [0.2, 0.25) is 0 Å². The zero-order chi connectivity index (χ0) is 18.0. The summed E-state index contributed by atoms with van der Waals surface area (Å²) in [5.74, 6) is 1.48. The first-order chi connectivity index (χ1) is 12.0. The second-order valence-electron chi connectivity index (χ2n) is 5.88. The van der Waals surface area contributed by atoms with Gasteiger partial charge in [0.2, 0.25) is 5.95 Å². The van der Waals surface area contributed by atoms with Crippen molar-refractivity contribution in [3.63, 3.8) is 0 Å². The molecule has 0 saturated carbocycles. The van der Waals surface area contributed by atoms with Crippen LogP contribution >= 0.6 is 11.8 Å². The predicted octanol–water partition coefficient (Wildman–Crippen LogP) is 3.86. The van der Waals surface area contributed by atoms with Gasteiger partial charge >= 0.3 is 0 Å². The van der Waals surface area contributed by atoms with Crippen LogP contribution in [-0.2, 0) is 6.54 Å². The average Bonchev–Trinajstić information content (AvgIpc) is 2.85. The number of nitrogens with two attached hydrogens (primary N) is 2. The summed E-state index contributed by atoms with van der Waals surface area (Å²) in [5.41, 5.74) is 13.9. The molecular formula is C18H23N5OS. The maximum absolute atomic E-state index is 6.13. The highest BCUT2D eigenvalue weighted by atomic mass is 32.2. The molecule has 132 valence electrons. The normalized spacial score (nSPS) is 11.2. The van der Waals surface area contributed by atoms with E-state index in [1.165, 1.54) is 0 Å². The van der Waals surface area contributed by atoms with Gasteiger partial charge in [-0.05, 0) is 37.1 Å². The van der Waals surface area contributed by atoms with Gasteiger partial charge in [-0.15, -0.1) is 0 Å². The molecule has 0 saturated heterocycles.